The van der Waals surface area contributed by atoms with E-state index in [4.69, 9.17) is 38.5 Å². The molecule has 15 heavy (non-hydrogen) atoms. The molecule has 0 saturated heterocycles. The zero-order chi connectivity index (χ0) is 9.00. The molecule has 15 heteroatoms. The quantitative estimate of drug-likeness (QED) is 0.305. The first kappa shape index (κ1) is 43.2. The van der Waals surface area contributed by atoms with Crippen LogP contribution < -0.4 is 243 Å². The fourth-order valence-electron chi connectivity index (χ4n) is 0. The first-order valence-corrected chi connectivity index (χ1v) is 4.38. The van der Waals surface area contributed by atoms with E-state index >= 15 is 0 Å². The third kappa shape index (κ3) is 152. The van der Waals surface area contributed by atoms with Crippen LogP contribution in [0.3, 0.4) is 0 Å². The van der Waals surface area contributed by atoms with Crippen LogP contribution in [0.1, 0.15) is 0 Å². The summed E-state index contributed by atoms with van der Waals surface area (Å²) in [6.07, 6.45) is 0. The van der Waals surface area contributed by atoms with E-state index in [2.05, 4.69) is 0 Å². The van der Waals surface area contributed by atoms with Crippen LogP contribution in [-0.4, -0.2) is 0 Å². The Morgan fingerprint density at radius 1 is 0.533 bits per heavy atom. The summed E-state index contributed by atoms with van der Waals surface area (Å²) in [5, 5.41) is 0. The first-order valence-electron chi connectivity index (χ1n) is 1.46. The van der Waals surface area contributed by atoms with Crippen molar-refractivity contribution >= 4 is 15.6 Å². The average molecular weight is 353 g/mol. The van der Waals surface area contributed by atoms with Crippen LogP contribution in [0.25, 0.3) is 0 Å². The molecule has 0 bridgehead atoms. The Labute approximate surface area is 259 Å². The van der Waals surface area contributed by atoms with E-state index in [-0.39, 0.29) is 213 Å². The van der Waals surface area contributed by atoms with Gasteiger partial charge in [0.2, 0.25) is 0 Å². The molecule has 0 saturated carbocycles. The van der Waals surface area contributed by atoms with Gasteiger partial charge in [-0.25, -0.2) is 0 Å². The average Bonchev–Trinajstić information content (AvgIpc) is 1.12. The molecule has 0 aliphatic heterocycles. The molecule has 64 valence electrons. The van der Waals surface area contributed by atoms with Crippen molar-refractivity contribution < 1.29 is 252 Å². The van der Waals surface area contributed by atoms with Gasteiger partial charge in [-0.2, -0.15) is 15.6 Å². The van der Waals surface area contributed by atoms with Crippen LogP contribution >= 0.6 is 15.6 Å². The maximum atomic E-state index is 8.55. The largest absolute Gasteiger partial charge is 1.00 e. The monoisotopic (exact) mass is 353 g/mol. The second kappa shape index (κ2) is 23.4. The van der Waals surface area contributed by atoms with Gasteiger partial charge in [0.05, 0.1) is 0 Å². The zero-order valence-electron chi connectivity index (χ0n) is 9.16. The topological polar surface area (TPSA) is 172 Å². The Balaban J connectivity index is -0.0000000128. The molecule has 0 N–H and O–H groups in total. The number of rotatable bonds is 0. The van der Waals surface area contributed by atoms with Gasteiger partial charge >= 0.3 is 213 Å². The molecule has 0 spiro atoms. The van der Waals surface area contributed by atoms with Crippen molar-refractivity contribution in [3.63, 3.8) is 0 Å². The Morgan fingerprint density at radius 3 is 0.533 bits per heavy atom. The minimum absolute atomic E-state index is 0. The predicted octanol–water partition coefficient (Wildman–Crippen LogP) is -20.6. The molecule has 0 aliphatic rings. The second-order valence-electron chi connectivity index (χ2n) is 0.894. The van der Waals surface area contributed by atoms with Crippen LogP contribution in [-0.2, 0) is 9.13 Å². The van der Waals surface area contributed by atoms with Crippen molar-refractivity contribution in [1.29, 1.82) is 0 Å². The van der Waals surface area contributed by atoms with Gasteiger partial charge in [-0.05, 0) is 0 Å². The van der Waals surface area contributed by atoms with Crippen molar-refractivity contribution in [2.75, 3.05) is 0 Å². The Kier molecular flexibility index (Phi) is 67.3. The maximum absolute atomic E-state index is 8.55. The minimum atomic E-state index is -5.39. The van der Waals surface area contributed by atoms with E-state index < -0.39 is 15.6 Å². The van der Waals surface area contributed by atoms with E-state index in [1.807, 2.05) is 0 Å². The van der Waals surface area contributed by atoms with Gasteiger partial charge in [-0.1, -0.05) is 0 Å². The van der Waals surface area contributed by atoms with Crippen LogP contribution in [0.15, 0.2) is 0 Å². The van der Waals surface area contributed by atoms with Crippen LogP contribution in [0.5, 0.6) is 0 Å². The van der Waals surface area contributed by atoms with E-state index in [0.29, 0.717) is 0 Å². The Bertz CT molecular complexity index is 138. The minimum Gasteiger partial charge on any atom is -0.822 e. The molecule has 0 radical (unpaired) electrons. The molecule has 0 aromatic carbocycles. The fourth-order valence-corrected chi connectivity index (χ4v) is 0. The summed E-state index contributed by atoms with van der Waals surface area (Å²) in [4.78, 5) is 51.3. The summed E-state index contributed by atoms with van der Waals surface area (Å²) in [6.45, 7) is 0. The molecule has 0 aliphatic carbocycles. The molecular weight excluding hydrogens is 353 g/mol. The third-order valence-electron chi connectivity index (χ3n) is 0. The predicted molar refractivity (Wildman–Crippen MR) is 15.2 cm³/mol. The van der Waals surface area contributed by atoms with Gasteiger partial charge in [-0.15, -0.1) is 0 Å². The number of hydrogen-bond donors (Lipinski definition) is 0. The van der Waals surface area contributed by atoms with Crippen molar-refractivity contribution in [2.24, 2.45) is 0 Å². The van der Waals surface area contributed by atoms with Crippen molar-refractivity contribution in [1.82, 2.24) is 0 Å². The number of hydrogen-bond acceptors (Lipinski definition) is 8. The first-order chi connectivity index (χ1) is 4.00. The maximum Gasteiger partial charge on any atom is 1.00 e. The smallest absolute Gasteiger partial charge is 0.822 e. The summed E-state index contributed by atoms with van der Waals surface area (Å²) in [5.41, 5.74) is 0. The molecule has 0 rings (SSSR count). The summed E-state index contributed by atoms with van der Waals surface area (Å²) in [7, 11) is -10.8. The molecule has 0 amide bonds. The zero-order valence-corrected chi connectivity index (χ0v) is 24.3. The van der Waals surface area contributed by atoms with E-state index in [1.165, 1.54) is 0 Å². The van der Waals surface area contributed by atoms with Gasteiger partial charge in [0.1, 0.15) is 0 Å². The summed E-state index contributed by atoms with van der Waals surface area (Å²) < 4.78 is 17.1. The Morgan fingerprint density at radius 2 is 0.533 bits per heavy atom. The van der Waals surface area contributed by atoms with Gasteiger partial charge < -0.3 is 38.5 Å². The van der Waals surface area contributed by atoms with Crippen LogP contribution in [0, 0.1) is 0 Å². The summed E-state index contributed by atoms with van der Waals surface area (Å²) in [6, 6.07) is 0. The van der Waals surface area contributed by atoms with E-state index in [9.17, 15) is 0 Å². The van der Waals surface area contributed by atoms with Crippen LogP contribution in [0.4, 0.5) is 0 Å². The number of phosphoric acid groups is 2. The van der Waals surface area contributed by atoms with Gasteiger partial charge in [0, 0.05) is 0 Å². The SMILES string of the molecule is O=P([O-])([O-])[O-].O=P([O-])([O-])[O-].[K+].[K+].[K+].[Na+].[Na+]. The van der Waals surface area contributed by atoms with Crippen molar-refractivity contribution in [3.8, 4) is 0 Å². The Hall–Kier alpha value is 7.13. The normalized spacial score (nSPS) is 7.87. The molecular formula is K3Na2O8P2-. The molecule has 0 heterocycles. The second-order valence-corrected chi connectivity index (χ2v) is 2.68. The fraction of sp³-hybridized carbons (Fsp3) is 0. The molecule has 0 aromatic rings. The third-order valence-corrected chi connectivity index (χ3v) is 0. The molecule has 0 fully saturated rings. The molecule has 0 atom stereocenters. The van der Waals surface area contributed by atoms with Crippen LogP contribution in [0.2, 0.25) is 0 Å². The summed E-state index contributed by atoms with van der Waals surface area (Å²) in [5.74, 6) is 0. The van der Waals surface area contributed by atoms with Gasteiger partial charge in [0.25, 0.3) is 0 Å². The summed E-state index contributed by atoms with van der Waals surface area (Å²) >= 11 is 0. The molecule has 0 unspecified atom stereocenters. The van der Waals surface area contributed by atoms with E-state index in [1.54, 1.807) is 0 Å². The molecule has 0 aromatic heterocycles. The van der Waals surface area contributed by atoms with Crippen molar-refractivity contribution in [3.05, 3.63) is 0 Å². The van der Waals surface area contributed by atoms with E-state index in [0.717, 1.165) is 0 Å². The standard InChI is InChI=1S/3K.2Na.2H3O4P/c;;;;;2*1-5(2,3)4/h;;;;;2*(H3,1,2,3,4)/q5*+1;;/p-6. The van der Waals surface area contributed by atoms with Gasteiger partial charge in [-0.3, -0.25) is 0 Å². The molecule has 8 nitrogen and oxygen atoms in total. The van der Waals surface area contributed by atoms with Crippen molar-refractivity contribution in [2.45, 2.75) is 0 Å². The van der Waals surface area contributed by atoms with Gasteiger partial charge in [0.15, 0.2) is 0 Å².